The molecule has 0 spiro atoms. The largest absolute Gasteiger partial charge is 0.496 e. The molecule has 2 aliphatic heterocycles. The smallest absolute Gasteiger partial charge is 0.296 e. The molecule has 2 aromatic rings. The summed E-state index contributed by atoms with van der Waals surface area (Å²) in [6.07, 6.45) is 1.99. The zero-order valence-electron chi connectivity index (χ0n) is 18.3. The molecule has 0 aromatic heterocycles. The van der Waals surface area contributed by atoms with E-state index in [0.717, 1.165) is 25.9 Å². The maximum Gasteiger partial charge on any atom is 0.296 e. The first kappa shape index (κ1) is 22.3. The zero-order chi connectivity index (χ0) is 23.5. The van der Waals surface area contributed by atoms with Crippen LogP contribution in [0.3, 0.4) is 0 Å². The second-order valence-corrected chi connectivity index (χ2v) is 8.05. The summed E-state index contributed by atoms with van der Waals surface area (Å²) in [5, 5.41) is 23.1. The highest BCUT2D eigenvalue weighted by molar-refractivity contribution is 5.96. The van der Waals surface area contributed by atoms with Gasteiger partial charge in [-0.1, -0.05) is 0 Å². The van der Waals surface area contributed by atoms with Gasteiger partial charge >= 0.3 is 0 Å². The van der Waals surface area contributed by atoms with Gasteiger partial charge in [-0.3, -0.25) is 25.0 Å². The number of anilines is 2. The van der Waals surface area contributed by atoms with Crippen LogP contribution in [-0.2, 0) is 0 Å². The van der Waals surface area contributed by atoms with Crippen LogP contribution < -0.4 is 14.5 Å². The number of carbonyl (C=O) groups is 1. The average molecular weight is 455 g/mol. The van der Waals surface area contributed by atoms with Crippen molar-refractivity contribution in [3.05, 3.63) is 62.2 Å². The minimum Gasteiger partial charge on any atom is -0.496 e. The highest BCUT2D eigenvalue weighted by atomic mass is 16.6. The Labute approximate surface area is 190 Å². The number of methoxy groups -OCH3 is 1. The number of nitro groups is 2. The molecule has 2 heterocycles. The van der Waals surface area contributed by atoms with Gasteiger partial charge in [-0.25, -0.2) is 0 Å². The topological polar surface area (TPSA) is 122 Å². The van der Waals surface area contributed by atoms with Crippen molar-refractivity contribution in [1.29, 1.82) is 0 Å². The molecule has 11 heteroatoms. The maximum absolute atomic E-state index is 13.1. The lowest BCUT2D eigenvalue weighted by molar-refractivity contribution is -0.384. The van der Waals surface area contributed by atoms with E-state index in [1.165, 1.54) is 19.2 Å². The fraction of sp³-hybridized carbons (Fsp3) is 0.409. The van der Waals surface area contributed by atoms with Gasteiger partial charge in [0.1, 0.15) is 17.1 Å². The van der Waals surface area contributed by atoms with Crippen LogP contribution in [0.15, 0.2) is 36.4 Å². The molecule has 0 aliphatic carbocycles. The summed E-state index contributed by atoms with van der Waals surface area (Å²) in [5.74, 6) is 0.119. The molecule has 2 fully saturated rings. The highest BCUT2D eigenvalue weighted by Crippen LogP contribution is 2.34. The summed E-state index contributed by atoms with van der Waals surface area (Å²) in [7, 11) is 1.45. The number of nitrogens with zero attached hydrogens (tertiary/aromatic N) is 5. The lowest BCUT2D eigenvalue weighted by Crippen LogP contribution is -2.49. The van der Waals surface area contributed by atoms with Gasteiger partial charge in [0.15, 0.2) is 0 Å². The molecule has 2 aromatic carbocycles. The molecule has 2 aliphatic rings. The quantitative estimate of drug-likeness (QED) is 0.481. The number of hydrogen-bond acceptors (Lipinski definition) is 8. The van der Waals surface area contributed by atoms with E-state index in [1.807, 2.05) is 9.80 Å². The van der Waals surface area contributed by atoms with Crippen molar-refractivity contribution in [3.63, 3.8) is 0 Å². The molecule has 174 valence electrons. The fourth-order valence-corrected chi connectivity index (χ4v) is 4.41. The van der Waals surface area contributed by atoms with Crippen molar-refractivity contribution in [2.45, 2.75) is 12.8 Å². The summed E-state index contributed by atoms with van der Waals surface area (Å²) in [6.45, 7) is 3.06. The van der Waals surface area contributed by atoms with Crippen LogP contribution in [0.5, 0.6) is 5.75 Å². The first-order chi connectivity index (χ1) is 15.9. The highest BCUT2D eigenvalue weighted by Gasteiger charge is 2.29. The monoisotopic (exact) mass is 455 g/mol. The van der Waals surface area contributed by atoms with Crippen molar-refractivity contribution in [1.82, 2.24) is 4.90 Å². The van der Waals surface area contributed by atoms with Crippen LogP contribution in [0, 0.1) is 20.2 Å². The molecule has 11 nitrogen and oxygen atoms in total. The normalized spacial score (nSPS) is 16.1. The Hall–Kier alpha value is -3.89. The van der Waals surface area contributed by atoms with Gasteiger partial charge in [-0.15, -0.1) is 0 Å². The van der Waals surface area contributed by atoms with Crippen molar-refractivity contribution in [2.75, 3.05) is 56.2 Å². The van der Waals surface area contributed by atoms with Crippen molar-refractivity contribution >= 4 is 28.7 Å². The molecule has 33 heavy (non-hydrogen) atoms. The second kappa shape index (κ2) is 9.31. The van der Waals surface area contributed by atoms with Crippen LogP contribution in [0.1, 0.15) is 23.2 Å². The third-order valence-electron chi connectivity index (χ3n) is 6.15. The van der Waals surface area contributed by atoms with Crippen LogP contribution in [-0.4, -0.2) is 67.0 Å². The van der Waals surface area contributed by atoms with E-state index in [0.29, 0.717) is 43.3 Å². The summed E-state index contributed by atoms with van der Waals surface area (Å²) < 4.78 is 5.09. The number of carbonyl (C=O) groups excluding carboxylic acids is 1. The van der Waals surface area contributed by atoms with E-state index in [-0.39, 0.29) is 22.8 Å². The summed E-state index contributed by atoms with van der Waals surface area (Å²) in [6, 6.07) is 9.36. The third kappa shape index (κ3) is 4.52. The number of nitro benzene ring substituents is 2. The average Bonchev–Trinajstić information content (AvgIpc) is 3.37. The van der Waals surface area contributed by atoms with E-state index >= 15 is 0 Å². The molecular formula is C22H25N5O6. The molecule has 1 amide bonds. The number of hydrogen-bond donors (Lipinski definition) is 0. The molecule has 0 N–H and O–H groups in total. The number of benzene rings is 2. The molecule has 0 bridgehead atoms. The Morgan fingerprint density at radius 1 is 0.818 bits per heavy atom. The molecule has 0 saturated carbocycles. The van der Waals surface area contributed by atoms with E-state index in [4.69, 9.17) is 4.74 Å². The van der Waals surface area contributed by atoms with Gasteiger partial charge in [-0.05, 0) is 37.1 Å². The third-order valence-corrected chi connectivity index (χ3v) is 6.15. The Bertz CT molecular complexity index is 1080. The molecule has 4 rings (SSSR count). The number of ether oxygens (including phenoxy) is 1. The van der Waals surface area contributed by atoms with Crippen molar-refractivity contribution in [3.8, 4) is 5.75 Å². The minimum absolute atomic E-state index is 0.0535. The van der Waals surface area contributed by atoms with E-state index in [9.17, 15) is 25.0 Å². The second-order valence-electron chi connectivity index (χ2n) is 8.05. The van der Waals surface area contributed by atoms with Crippen LogP contribution in [0.2, 0.25) is 0 Å². The van der Waals surface area contributed by atoms with E-state index in [1.54, 1.807) is 29.2 Å². The van der Waals surface area contributed by atoms with Crippen molar-refractivity contribution < 1.29 is 19.4 Å². The maximum atomic E-state index is 13.1. The molecular weight excluding hydrogens is 430 g/mol. The van der Waals surface area contributed by atoms with Gasteiger partial charge in [0, 0.05) is 50.9 Å². The van der Waals surface area contributed by atoms with Gasteiger partial charge < -0.3 is 19.4 Å². The number of piperazine rings is 1. The minimum atomic E-state index is -0.448. The zero-order valence-corrected chi connectivity index (χ0v) is 18.3. The van der Waals surface area contributed by atoms with Crippen molar-refractivity contribution in [2.24, 2.45) is 0 Å². The predicted octanol–water partition coefficient (Wildman–Crippen LogP) is 3.07. The first-order valence-corrected chi connectivity index (χ1v) is 10.8. The summed E-state index contributed by atoms with van der Waals surface area (Å²) in [4.78, 5) is 40.8. The lowest BCUT2D eigenvalue weighted by Gasteiger charge is -2.36. The fourth-order valence-electron chi connectivity index (χ4n) is 4.41. The molecule has 0 atom stereocenters. The predicted molar refractivity (Wildman–Crippen MR) is 122 cm³/mol. The Morgan fingerprint density at radius 3 is 1.94 bits per heavy atom. The Morgan fingerprint density at radius 2 is 1.36 bits per heavy atom. The van der Waals surface area contributed by atoms with Gasteiger partial charge in [0.25, 0.3) is 17.3 Å². The van der Waals surface area contributed by atoms with E-state index in [2.05, 4.69) is 0 Å². The van der Waals surface area contributed by atoms with Crippen LogP contribution in [0.4, 0.5) is 22.7 Å². The summed E-state index contributed by atoms with van der Waals surface area (Å²) >= 11 is 0. The van der Waals surface area contributed by atoms with Gasteiger partial charge in [0.2, 0.25) is 0 Å². The Kier molecular flexibility index (Phi) is 6.29. The molecule has 2 saturated heterocycles. The SMILES string of the molecule is COc1ccc(N2CCN(C(=O)c3ccc(N4CCCC4)c([N+](=O)[O-])c3)CC2)c([N+](=O)[O-])c1. The number of rotatable bonds is 6. The lowest BCUT2D eigenvalue weighted by atomic mass is 10.1. The number of amides is 1. The van der Waals surface area contributed by atoms with Crippen LogP contribution in [0.25, 0.3) is 0 Å². The standard InChI is InChI=1S/C22H25N5O6/c1-33-17-5-7-19(21(15-17)27(31)32)24-10-12-25(13-11-24)22(28)16-4-6-18(20(14-16)26(29)30)23-8-2-3-9-23/h4-7,14-15H,2-3,8-13H2,1H3. The van der Waals surface area contributed by atoms with Gasteiger partial charge in [0.05, 0.1) is 23.0 Å². The van der Waals surface area contributed by atoms with Crippen LogP contribution >= 0.6 is 0 Å². The molecule has 0 radical (unpaired) electrons. The Balaban J connectivity index is 1.48. The van der Waals surface area contributed by atoms with E-state index < -0.39 is 9.85 Å². The van der Waals surface area contributed by atoms with Gasteiger partial charge in [-0.2, -0.15) is 0 Å². The summed E-state index contributed by atoms with van der Waals surface area (Å²) in [5.41, 5.74) is 1.18. The first-order valence-electron chi connectivity index (χ1n) is 10.8. The molecule has 0 unspecified atom stereocenters.